The third-order valence-electron chi connectivity index (χ3n) is 5.85. The zero-order valence-electron chi connectivity index (χ0n) is 25.5. The molecule has 0 bridgehead atoms. The summed E-state index contributed by atoms with van der Waals surface area (Å²) in [5.74, 6) is -2.96. The first kappa shape index (κ1) is 35.9. The van der Waals surface area contributed by atoms with E-state index in [9.17, 15) is 28.8 Å². The lowest BCUT2D eigenvalue weighted by atomic mass is 10.0. The molecule has 45 heavy (non-hydrogen) atoms. The standard InChI is InChI=1S/C33H38N2O10/c1-22(2)32(40)44-19-17-42-30(38)15-13-28(36)34-26-9-5-24(6-10-26)21-25-7-11-27(12-8-25)35-29(37)14-16-31(39)43-18-20-45-33(41)23(3)4/h5-12H,1,3,13-21H2,2,4H3,(H,34,36)(H,35,37). The Hall–Kier alpha value is -5.26. The van der Waals surface area contributed by atoms with Crippen molar-refractivity contribution in [1.82, 2.24) is 0 Å². The molecule has 0 atom stereocenters. The molecule has 0 aromatic heterocycles. The van der Waals surface area contributed by atoms with E-state index in [1.807, 2.05) is 24.3 Å². The second-order valence-electron chi connectivity index (χ2n) is 9.94. The molecule has 2 aromatic rings. The Morgan fingerprint density at radius 2 is 0.867 bits per heavy atom. The van der Waals surface area contributed by atoms with Crippen molar-refractivity contribution in [3.63, 3.8) is 0 Å². The van der Waals surface area contributed by atoms with E-state index in [4.69, 9.17) is 18.9 Å². The molecule has 0 fully saturated rings. The number of benzene rings is 2. The summed E-state index contributed by atoms with van der Waals surface area (Å²) in [5.41, 5.74) is 3.65. The van der Waals surface area contributed by atoms with Gasteiger partial charge in [-0.3, -0.25) is 19.2 Å². The Labute approximate surface area is 261 Å². The summed E-state index contributed by atoms with van der Waals surface area (Å²) in [5, 5.41) is 5.46. The van der Waals surface area contributed by atoms with Gasteiger partial charge < -0.3 is 29.6 Å². The highest BCUT2D eigenvalue weighted by atomic mass is 16.6. The zero-order valence-corrected chi connectivity index (χ0v) is 25.5. The fourth-order valence-electron chi connectivity index (χ4n) is 3.50. The predicted molar refractivity (Wildman–Crippen MR) is 165 cm³/mol. The van der Waals surface area contributed by atoms with E-state index in [-0.39, 0.29) is 75.1 Å². The number of nitrogens with one attached hydrogen (secondary N) is 2. The van der Waals surface area contributed by atoms with Crippen LogP contribution < -0.4 is 10.6 Å². The summed E-state index contributed by atoms with van der Waals surface area (Å²) in [6.45, 7) is 9.55. The lowest BCUT2D eigenvalue weighted by molar-refractivity contribution is -0.150. The van der Waals surface area contributed by atoms with E-state index in [2.05, 4.69) is 23.8 Å². The van der Waals surface area contributed by atoms with Crippen LogP contribution >= 0.6 is 0 Å². The normalized spacial score (nSPS) is 10.2. The van der Waals surface area contributed by atoms with Crippen LogP contribution in [-0.2, 0) is 54.1 Å². The topological polar surface area (TPSA) is 163 Å². The molecule has 2 N–H and O–H groups in total. The van der Waals surface area contributed by atoms with E-state index >= 15 is 0 Å². The molecule has 2 rings (SSSR count). The van der Waals surface area contributed by atoms with Crippen LogP contribution in [0.4, 0.5) is 11.4 Å². The molecule has 240 valence electrons. The number of anilines is 2. The van der Waals surface area contributed by atoms with Crippen molar-refractivity contribution in [1.29, 1.82) is 0 Å². The highest BCUT2D eigenvalue weighted by molar-refractivity contribution is 5.93. The van der Waals surface area contributed by atoms with Crippen molar-refractivity contribution < 1.29 is 47.7 Å². The number of hydrogen-bond donors (Lipinski definition) is 2. The monoisotopic (exact) mass is 622 g/mol. The van der Waals surface area contributed by atoms with E-state index in [0.29, 0.717) is 17.8 Å². The fourth-order valence-corrected chi connectivity index (χ4v) is 3.50. The predicted octanol–water partition coefficient (Wildman–Crippen LogP) is 4.04. The number of esters is 4. The number of rotatable bonds is 18. The molecular formula is C33H38N2O10. The van der Waals surface area contributed by atoms with E-state index in [1.165, 1.54) is 13.8 Å². The average molecular weight is 623 g/mol. The van der Waals surface area contributed by atoms with Crippen molar-refractivity contribution in [3.05, 3.63) is 84.0 Å². The van der Waals surface area contributed by atoms with Crippen LogP contribution in [0.25, 0.3) is 0 Å². The van der Waals surface area contributed by atoms with Crippen LogP contribution in [-0.4, -0.2) is 62.1 Å². The van der Waals surface area contributed by atoms with Gasteiger partial charge in [0.2, 0.25) is 11.8 Å². The fraction of sp³-hybridized carbons (Fsp3) is 0.333. The van der Waals surface area contributed by atoms with Gasteiger partial charge in [0.05, 0.1) is 12.8 Å². The number of ether oxygens (including phenoxy) is 4. The first-order valence-electron chi connectivity index (χ1n) is 14.2. The van der Waals surface area contributed by atoms with Gasteiger partial charge in [-0.2, -0.15) is 0 Å². The van der Waals surface area contributed by atoms with Gasteiger partial charge in [-0.1, -0.05) is 37.4 Å². The van der Waals surface area contributed by atoms with Crippen LogP contribution in [0.2, 0.25) is 0 Å². The van der Waals surface area contributed by atoms with Gasteiger partial charge in [0.15, 0.2) is 0 Å². The molecule has 0 aliphatic rings. The van der Waals surface area contributed by atoms with E-state index in [0.717, 1.165) is 11.1 Å². The van der Waals surface area contributed by atoms with Crippen LogP contribution in [0, 0.1) is 0 Å². The number of amides is 2. The van der Waals surface area contributed by atoms with Gasteiger partial charge in [0, 0.05) is 35.4 Å². The van der Waals surface area contributed by atoms with Gasteiger partial charge >= 0.3 is 23.9 Å². The van der Waals surface area contributed by atoms with E-state index in [1.54, 1.807) is 24.3 Å². The van der Waals surface area contributed by atoms with Crippen LogP contribution in [0.15, 0.2) is 72.8 Å². The molecule has 0 aliphatic heterocycles. The third kappa shape index (κ3) is 15.2. The highest BCUT2D eigenvalue weighted by Crippen LogP contribution is 2.17. The third-order valence-corrected chi connectivity index (χ3v) is 5.85. The summed E-state index contributed by atoms with van der Waals surface area (Å²) in [7, 11) is 0. The second-order valence-corrected chi connectivity index (χ2v) is 9.94. The molecule has 0 radical (unpaired) electrons. The molecule has 0 aliphatic carbocycles. The zero-order chi connectivity index (χ0) is 33.2. The Morgan fingerprint density at radius 3 is 1.20 bits per heavy atom. The lowest BCUT2D eigenvalue weighted by Crippen LogP contribution is -2.17. The van der Waals surface area contributed by atoms with Crippen molar-refractivity contribution in [2.45, 2.75) is 46.0 Å². The van der Waals surface area contributed by atoms with Crippen LogP contribution in [0.5, 0.6) is 0 Å². The molecule has 12 nitrogen and oxygen atoms in total. The van der Waals surface area contributed by atoms with Crippen molar-refractivity contribution >= 4 is 47.1 Å². The van der Waals surface area contributed by atoms with Crippen molar-refractivity contribution in [3.8, 4) is 0 Å². The van der Waals surface area contributed by atoms with Gasteiger partial charge in [0.1, 0.15) is 26.4 Å². The summed E-state index contributed by atoms with van der Waals surface area (Å²) >= 11 is 0. The van der Waals surface area contributed by atoms with Gasteiger partial charge in [-0.05, 0) is 55.7 Å². The Bertz CT molecular complexity index is 1280. The van der Waals surface area contributed by atoms with Crippen molar-refractivity contribution in [2.24, 2.45) is 0 Å². The summed E-state index contributed by atoms with van der Waals surface area (Å²) in [6, 6.07) is 14.5. The Kier molecular flexibility index (Phi) is 15.3. The maximum absolute atomic E-state index is 12.2. The van der Waals surface area contributed by atoms with Crippen molar-refractivity contribution in [2.75, 3.05) is 37.1 Å². The average Bonchev–Trinajstić information content (AvgIpc) is 3.01. The van der Waals surface area contributed by atoms with E-state index < -0.39 is 23.9 Å². The largest absolute Gasteiger partial charge is 0.462 e. The second kappa shape index (κ2) is 19.1. The minimum Gasteiger partial charge on any atom is -0.462 e. The maximum atomic E-state index is 12.2. The maximum Gasteiger partial charge on any atom is 0.333 e. The highest BCUT2D eigenvalue weighted by Gasteiger charge is 2.11. The summed E-state index contributed by atoms with van der Waals surface area (Å²) in [4.78, 5) is 70.5. The van der Waals surface area contributed by atoms with Crippen LogP contribution in [0.3, 0.4) is 0 Å². The summed E-state index contributed by atoms with van der Waals surface area (Å²) in [6.07, 6.45) is 0.265. The molecule has 0 spiro atoms. The first-order chi connectivity index (χ1) is 21.4. The molecule has 0 heterocycles. The minimum atomic E-state index is -0.574. The molecule has 12 heteroatoms. The van der Waals surface area contributed by atoms with Gasteiger partial charge in [-0.25, -0.2) is 9.59 Å². The number of hydrogen-bond acceptors (Lipinski definition) is 10. The molecular weight excluding hydrogens is 584 g/mol. The summed E-state index contributed by atoms with van der Waals surface area (Å²) < 4.78 is 19.5. The minimum absolute atomic E-state index is 0.0616. The Balaban J connectivity index is 1.66. The quantitative estimate of drug-likeness (QED) is 0.107. The van der Waals surface area contributed by atoms with Gasteiger partial charge in [0.25, 0.3) is 0 Å². The lowest BCUT2D eigenvalue weighted by Gasteiger charge is -2.09. The molecule has 0 unspecified atom stereocenters. The Morgan fingerprint density at radius 1 is 0.533 bits per heavy atom. The molecule has 0 saturated heterocycles. The SMILES string of the molecule is C=C(C)C(=O)OCCOC(=O)CCC(=O)Nc1ccc(Cc2ccc(NC(=O)CCC(=O)OCCOC(=O)C(=C)C)cc2)cc1. The smallest absolute Gasteiger partial charge is 0.333 e. The number of carbonyl (C=O) groups excluding carboxylic acids is 6. The molecule has 2 amide bonds. The first-order valence-corrected chi connectivity index (χ1v) is 14.2. The van der Waals surface area contributed by atoms with Crippen LogP contribution in [0.1, 0.15) is 50.7 Å². The number of carbonyl (C=O) groups is 6. The molecule has 0 saturated carbocycles. The van der Waals surface area contributed by atoms with Gasteiger partial charge in [-0.15, -0.1) is 0 Å². The molecule has 2 aromatic carbocycles.